The fraction of sp³-hybridized carbons (Fsp3) is 0.160. The lowest BCUT2D eigenvalue weighted by Gasteiger charge is -2.15. The van der Waals surface area contributed by atoms with Gasteiger partial charge in [0.05, 0.1) is 0 Å². The molecule has 0 saturated carbocycles. The molecule has 4 aromatic rings. The highest BCUT2D eigenvalue weighted by Gasteiger charge is 2.22. The largest absolute Gasteiger partial charge is 0.344 e. The molecule has 4 rings (SSSR count). The molecule has 5 nitrogen and oxygen atoms in total. The van der Waals surface area contributed by atoms with Gasteiger partial charge in [-0.1, -0.05) is 81.8 Å². The molecule has 0 aliphatic heterocycles. The summed E-state index contributed by atoms with van der Waals surface area (Å²) in [5, 5.41) is 7.21. The highest BCUT2D eigenvalue weighted by Crippen LogP contribution is 2.23. The van der Waals surface area contributed by atoms with E-state index in [1.54, 1.807) is 0 Å². The van der Waals surface area contributed by atoms with Gasteiger partial charge < -0.3 is 9.84 Å². The molecule has 0 unspecified atom stereocenters. The average molecular weight is 476 g/mol. The fourth-order valence-electron chi connectivity index (χ4n) is 3.31. The van der Waals surface area contributed by atoms with Crippen LogP contribution in [0, 0.1) is 0 Å². The summed E-state index contributed by atoms with van der Waals surface area (Å²) in [6.45, 7) is 0. The predicted octanol–water partition coefficient (Wildman–Crippen LogP) is 5.53. The number of carbonyl (C=O) groups excluding carboxylic acids is 1. The van der Waals surface area contributed by atoms with Crippen LogP contribution < -0.4 is 5.32 Å². The van der Waals surface area contributed by atoms with Crippen LogP contribution in [0.4, 0.5) is 0 Å². The standard InChI is InChI=1S/C25H22BrN3O2/c26-21-14-12-20(13-15-21)24-28-25(31-29-24)22(17-19-9-5-2-6-10-19)27-23(30)16-11-18-7-3-1-4-8-18/h1-10,12-15,22H,11,16-17H2,(H,27,30)/t22-/m0/s1. The minimum Gasteiger partial charge on any atom is -0.344 e. The van der Waals surface area contributed by atoms with Crippen LogP contribution in [0.2, 0.25) is 0 Å². The van der Waals surface area contributed by atoms with Gasteiger partial charge in [-0.05, 0) is 41.8 Å². The zero-order chi connectivity index (χ0) is 21.5. The van der Waals surface area contributed by atoms with E-state index in [1.807, 2.05) is 84.9 Å². The molecule has 1 heterocycles. The smallest absolute Gasteiger partial charge is 0.249 e. The van der Waals surface area contributed by atoms with Crippen molar-refractivity contribution in [3.05, 3.63) is 106 Å². The number of aryl methyl sites for hydroxylation is 1. The monoisotopic (exact) mass is 475 g/mol. The van der Waals surface area contributed by atoms with Crippen LogP contribution in [-0.4, -0.2) is 16.0 Å². The van der Waals surface area contributed by atoms with E-state index in [1.165, 1.54) is 0 Å². The second-order valence-corrected chi connectivity index (χ2v) is 8.17. The van der Waals surface area contributed by atoms with E-state index >= 15 is 0 Å². The Labute approximate surface area is 189 Å². The molecule has 1 aromatic heterocycles. The highest BCUT2D eigenvalue weighted by molar-refractivity contribution is 9.10. The van der Waals surface area contributed by atoms with Gasteiger partial charge in [0.15, 0.2) is 0 Å². The number of benzene rings is 3. The Morgan fingerprint density at radius 3 is 2.23 bits per heavy atom. The Kier molecular flexibility index (Phi) is 6.89. The fourth-order valence-corrected chi connectivity index (χ4v) is 3.58. The SMILES string of the molecule is O=C(CCc1ccccc1)N[C@@H](Cc1ccccc1)c1nc(-c2ccc(Br)cc2)no1. The van der Waals surface area contributed by atoms with Crippen molar-refractivity contribution < 1.29 is 9.32 Å². The minimum atomic E-state index is -0.401. The second-order valence-electron chi connectivity index (χ2n) is 7.26. The number of hydrogen-bond donors (Lipinski definition) is 1. The molecule has 31 heavy (non-hydrogen) atoms. The van der Waals surface area contributed by atoms with Crippen molar-refractivity contribution in [3.63, 3.8) is 0 Å². The molecule has 1 N–H and O–H groups in total. The molecule has 0 saturated heterocycles. The zero-order valence-electron chi connectivity index (χ0n) is 16.9. The van der Waals surface area contributed by atoms with E-state index < -0.39 is 6.04 Å². The predicted molar refractivity (Wildman–Crippen MR) is 123 cm³/mol. The van der Waals surface area contributed by atoms with E-state index in [0.29, 0.717) is 31.0 Å². The van der Waals surface area contributed by atoms with Crippen LogP contribution in [0.25, 0.3) is 11.4 Å². The maximum Gasteiger partial charge on any atom is 0.249 e. The Morgan fingerprint density at radius 2 is 1.55 bits per heavy atom. The van der Waals surface area contributed by atoms with Crippen molar-refractivity contribution >= 4 is 21.8 Å². The molecule has 156 valence electrons. The maximum atomic E-state index is 12.7. The van der Waals surface area contributed by atoms with Gasteiger partial charge in [0.25, 0.3) is 0 Å². The highest BCUT2D eigenvalue weighted by atomic mass is 79.9. The van der Waals surface area contributed by atoms with Crippen LogP contribution in [0.5, 0.6) is 0 Å². The first kappa shape index (κ1) is 21.0. The van der Waals surface area contributed by atoms with Crippen molar-refractivity contribution in [2.24, 2.45) is 0 Å². The van der Waals surface area contributed by atoms with Gasteiger partial charge in [-0.25, -0.2) is 0 Å². The molecule has 0 spiro atoms. The lowest BCUT2D eigenvalue weighted by Crippen LogP contribution is -2.30. The molecule has 0 bridgehead atoms. The first-order valence-corrected chi connectivity index (χ1v) is 10.9. The van der Waals surface area contributed by atoms with E-state index in [0.717, 1.165) is 21.2 Å². The zero-order valence-corrected chi connectivity index (χ0v) is 18.5. The normalized spacial score (nSPS) is 11.8. The van der Waals surface area contributed by atoms with Crippen molar-refractivity contribution in [1.29, 1.82) is 0 Å². The third-order valence-electron chi connectivity index (χ3n) is 4.94. The number of nitrogens with zero attached hydrogens (tertiary/aromatic N) is 2. The molecule has 3 aromatic carbocycles. The summed E-state index contributed by atoms with van der Waals surface area (Å²) in [6.07, 6.45) is 1.64. The topological polar surface area (TPSA) is 68.0 Å². The van der Waals surface area contributed by atoms with Crippen molar-refractivity contribution in [3.8, 4) is 11.4 Å². The Bertz CT molecular complexity index is 1110. The van der Waals surface area contributed by atoms with Crippen LogP contribution in [0.3, 0.4) is 0 Å². The number of amides is 1. The van der Waals surface area contributed by atoms with Gasteiger partial charge >= 0.3 is 0 Å². The van der Waals surface area contributed by atoms with Gasteiger partial charge in [0.1, 0.15) is 6.04 Å². The molecular weight excluding hydrogens is 454 g/mol. The summed E-state index contributed by atoms with van der Waals surface area (Å²) in [6, 6.07) is 27.2. The minimum absolute atomic E-state index is 0.0480. The molecule has 0 radical (unpaired) electrons. The molecule has 1 atom stereocenters. The first-order valence-electron chi connectivity index (χ1n) is 10.1. The summed E-state index contributed by atoms with van der Waals surface area (Å²) in [5.74, 6) is 0.849. The molecule has 0 fully saturated rings. The number of halogens is 1. The molecular formula is C25H22BrN3O2. The Hall–Kier alpha value is -3.25. The maximum absolute atomic E-state index is 12.7. The average Bonchev–Trinajstić information content (AvgIpc) is 3.29. The molecule has 0 aliphatic carbocycles. The second kappa shape index (κ2) is 10.2. The van der Waals surface area contributed by atoms with Crippen LogP contribution in [-0.2, 0) is 17.6 Å². The van der Waals surface area contributed by atoms with Gasteiger partial charge in [-0.2, -0.15) is 4.98 Å². The summed E-state index contributed by atoms with van der Waals surface area (Å²) < 4.78 is 6.54. The summed E-state index contributed by atoms with van der Waals surface area (Å²) >= 11 is 3.43. The Balaban J connectivity index is 1.50. The van der Waals surface area contributed by atoms with Crippen molar-refractivity contribution in [2.45, 2.75) is 25.3 Å². The van der Waals surface area contributed by atoms with Gasteiger partial charge in [-0.3, -0.25) is 4.79 Å². The Morgan fingerprint density at radius 1 is 0.903 bits per heavy atom. The van der Waals surface area contributed by atoms with Crippen LogP contribution in [0.15, 0.2) is 93.9 Å². The summed E-state index contributed by atoms with van der Waals surface area (Å²) in [4.78, 5) is 17.3. The summed E-state index contributed by atoms with van der Waals surface area (Å²) in [7, 11) is 0. The lowest BCUT2D eigenvalue weighted by atomic mass is 10.0. The quantitative estimate of drug-likeness (QED) is 0.363. The number of carbonyl (C=O) groups is 1. The summed E-state index contributed by atoms with van der Waals surface area (Å²) in [5.41, 5.74) is 3.07. The molecule has 1 amide bonds. The van der Waals surface area contributed by atoms with Crippen molar-refractivity contribution in [2.75, 3.05) is 0 Å². The van der Waals surface area contributed by atoms with Crippen LogP contribution >= 0.6 is 15.9 Å². The van der Waals surface area contributed by atoms with E-state index in [9.17, 15) is 4.79 Å². The van der Waals surface area contributed by atoms with Crippen molar-refractivity contribution in [1.82, 2.24) is 15.5 Å². The number of rotatable bonds is 8. The third-order valence-corrected chi connectivity index (χ3v) is 5.47. The number of aromatic nitrogens is 2. The van der Waals surface area contributed by atoms with E-state index in [2.05, 4.69) is 31.4 Å². The van der Waals surface area contributed by atoms with Gasteiger partial charge in [0, 0.05) is 22.9 Å². The third kappa shape index (κ3) is 5.89. The molecule has 6 heteroatoms. The lowest BCUT2D eigenvalue weighted by molar-refractivity contribution is -0.122. The van der Waals surface area contributed by atoms with Gasteiger partial charge in [-0.15, -0.1) is 0 Å². The van der Waals surface area contributed by atoms with Gasteiger partial charge in [0.2, 0.25) is 17.6 Å². The van der Waals surface area contributed by atoms with E-state index in [-0.39, 0.29) is 5.91 Å². The van der Waals surface area contributed by atoms with Crippen LogP contribution in [0.1, 0.15) is 29.5 Å². The number of hydrogen-bond acceptors (Lipinski definition) is 4. The number of nitrogens with one attached hydrogen (secondary N) is 1. The first-order chi connectivity index (χ1) is 15.2. The molecule has 0 aliphatic rings. The van der Waals surface area contributed by atoms with E-state index in [4.69, 9.17) is 4.52 Å².